The maximum absolute atomic E-state index is 12.6. The molecule has 16 heteroatoms. The molecule has 0 fully saturated rings. The molecule has 0 heterocycles. The molecule has 1 rings (SSSR count). The van der Waals surface area contributed by atoms with Crippen molar-refractivity contribution in [1.29, 1.82) is 0 Å². The van der Waals surface area contributed by atoms with Gasteiger partial charge in [0.05, 0.1) is 10.5 Å². The third-order valence-electron chi connectivity index (χ3n) is 3.27. The molecule has 160 valence electrons. The van der Waals surface area contributed by atoms with Crippen molar-refractivity contribution in [2.24, 2.45) is 0 Å². The number of halogens is 9. The highest BCUT2D eigenvalue weighted by Crippen LogP contribution is 2.42. The van der Waals surface area contributed by atoms with Gasteiger partial charge < -0.3 is 5.32 Å². The first-order valence-corrected chi connectivity index (χ1v) is 8.20. The Morgan fingerprint density at radius 2 is 1.43 bits per heavy atom. The molecular formula is C12H10F9N3O3S. The molecule has 0 radical (unpaired) electrons. The molecule has 0 aliphatic carbocycles. The van der Waals surface area contributed by atoms with E-state index in [4.69, 9.17) is 0 Å². The molecule has 0 aliphatic rings. The minimum atomic E-state index is -6.00. The van der Waals surface area contributed by atoms with Crippen LogP contribution in [0.3, 0.4) is 0 Å². The molecule has 0 saturated heterocycles. The molecule has 0 bridgehead atoms. The quantitative estimate of drug-likeness (QED) is 0.490. The van der Waals surface area contributed by atoms with Crippen LogP contribution in [0.15, 0.2) is 29.2 Å². The van der Waals surface area contributed by atoms with Gasteiger partial charge in [-0.1, -0.05) is 6.07 Å². The summed E-state index contributed by atoms with van der Waals surface area (Å²) in [6.07, 6.45) is -16.9. The normalized spacial score (nSPS) is 13.9. The van der Waals surface area contributed by atoms with Gasteiger partial charge in [-0.2, -0.15) is 39.5 Å². The SMILES string of the molecule is CC(NC(=O)NNS(=O)(=O)c1cccc(C(F)(F)F)c1)(C(F)(F)F)C(F)(F)F. The molecule has 0 spiro atoms. The van der Waals surface area contributed by atoms with Crippen LogP contribution in [0, 0.1) is 0 Å². The second-order valence-electron chi connectivity index (χ2n) is 5.33. The fraction of sp³-hybridized carbons (Fsp3) is 0.417. The number of carbonyl (C=O) groups excluding carboxylic acids is 1. The fourth-order valence-corrected chi connectivity index (χ4v) is 2.46. The first-order valence-electron chi connectivity index (χ1n) is 6.72. The van der Waals surface area contributed by atoms with Gasteiger partial charge in [-0.05, 0) is 25.1 Å². The third kappa shape index (κ3) is 5.18. The first kappa shape index (κ1) is 23.8. The monoisotopic (exact) mass is 447 g/mol. The maximum atomic E-state index is 12.6. The highest BCUT2D eigenvalue weighted by Gasteiger charge is 2.68. The van der Waals surface area contributed by atoms with Crippen LogP contribution in [-0.2, 0) is 16.2 Å². The lowest BCUT2D eigenvalue weighted by atomic mass is 10.0. The summed E-state index contributed by atoms with van der Waals surface area (Å²) in [5.74, 6) is 0. The standard InChI is InChI=1S/C12H10F9N3O3S/c1-9(11(16,17)18,12(19,20)21)22-8(25)23-24-28(26,27)7-4-2-3-6(5-7)10(13,14)15/h2-5,24H,1H3,(H2,22,23,25). The van der Waals surface area contributed by atoms with E-state index in [1.54, 1.807) is 0 Å². The van der Waals surface area contributed by atoms with Gasteiger partial charge in [0.15, 0.2) is 0 Å². The summed E-state index contributed by atoms with van der Waals surface area (Å²) in [6, 6.07) is -0.281. The van der Waals surface area contributed by atoms with Crippen molar-refractivity contribution in [2.45, 2.75) is 35.9 Å². The van der Waals surface area contributed by atoms with Gasteiger partial charge >= 0.3 is 24.6 Å². The Labute approximate surface area is 151 Å². The first-order chi connectivity index (χ1) is 12.3. The summed E-state index contributed by atoms with van der Waals surface area (Å²) in [7, 11) is -4.95. The summed E-state index contributed by atoms with van der Waals surface area (Å²) < 4.78 is 137. The Kier molecular flexibility index (Phi) is 6.21. The molecule has 0 atom stereocenters. The van der Waals surface area contributed by atoms with Gasteiger partial charge in [0.2, 0.25) is 5.54 Å². The van der Waals surface area contributed by atoms with E-state index in [9.17, 15) is 52.7 Å². The molecule has 3 N–H and O–H groups in total. The highest BCUT2D eigenvalue weighted by atomic mass is 32.2. The number of rotatable bonds is 4. The minimum Gasteiger partial charge on any atom is -0.315 e. The smallest absolute Gasteiger partial charge is 0.315 e. The Balaban J connectivity index is 2.98. The fourth-order valence-electron chi connectivity index (χ4n) is 1.57. The summed E-state index contributed by atoms with van der Waals surface area (Å²) in [5.41, 5.74) is -5.12. The van der Waals surface area contributed by atoms with E-state index in [1.807, 2.05) is 0 Å². The van der Waals surface area contributed by atoms with Crippen LogP contribution >= 0.6 is 0 Å². The Hall–Kier alpha value is -2.23. The molecule has 0 unspecified atom stereocenters. The molecule has 28 heavy (non-hydrogen) atoms. The number of alkyl halides is 9. The van der Waals surface area contributed by atoms with Crippen LogP contribution in [0.1, 0.15) is 12.5 Å². The van der Waals surface area contributed by atoms with Gasteiger partial charge in [0.25, 0.3) is 10.0 Å². The zero-order valence-corrected chi connectivity index (χ0v) is 14.2. The second-order valence-corrected chi connectivity index (χ2v) is 7.01. The predicted octanol–water partition coefficient (Wildman–Crippen LogP) is 3.08. The molecular weight excluding hydrogens is 437 g/mol. The molecule has 2 amide bonds. The van der Waals surface area contributed by atoms with E-state index in [1.165, 1.54) is 0 Å². The van der Waals surface area contributed by atoms with E-state index in [2.05, 4.69) is 0 Å². The van der Waals surface area contributed by atoms with Gasteiger partial charge in [-0.15, -0.1) is 4.83 Å². The van der Waals surface area contributed by atoms with Crippen LogP contribution < -0.4 is 15.6 Å². The molecule has 1 aromatic rings. The van der Waals surface area contributed by atoms with E-state index >= 15 is 0 Å². The van der Waals surface area contributed by atoms with Crippen molar-refractivity contribution in [2.75, 3.05) is 0 Å². The van der Waals surface area contributed by atoms with E-state index in [-0.39, 0.29) is 6.07 Å². The van der Waals surface area contributed by atoms with Crippen LogP contribution in [0.2, 0.25) is 0 Å². The molecule has 0 aliphatic heterocycles. The van der Waals surface area contributed by atoms with Gasteiger partial charge in [0, 0.05) is 0 Å². The van der Waals surface area contributed by atoms with Crippen molar-refractivity contribution in [3.63, 3.8) is 0 Å². The van der Waals surface area contributed by atoms with Crippen LogP contribution in [0.5, 0.6) is 0 Å². The predicted molar refractivity (Wildman–Crippen MR) is 73.9 cm³/mol. The summed E-state index contributed by atoms with van der Waals surface area (Å²) >= 11 is 0. The number of hydrazine groups is 1. The van der Waals surface area contributed by atoms with Crippen molar-refractivity contribution >= 4 is 16.1 Å². The van der Waals surface area contributed by atoms with Crippen molar-refractivity contribution in [3.8, 4) is 0 Å². The van der Waals surface area contributed by atoms with Crippen LogP contribution in [0.25, 0.3) is 0 Å². The number of urea groups is 1. The molecule has 1 aromatic carbocycles. The third-order valence-corrected chi connectivity index (χ3v) is 4.51. The highest BCUT2D eigenvalue weighted by molar-refractivity contribution is 7.89. The molecule has 6 nitrogen and oxygen atoms in total. The lowest BCUT2D eigenvalue weighted by molar-refractivity contribution is -0.297. The molecule has 0 aromatic heterocycles. The Bertz CT molecular complexity index is 817. The summed E-state index contributed by atoms with van der Waals surface area (Å²) in [5, 5.41) is 0.526. The van der Waals surface area contributed by atoms with Gasteiger partial charge in [0.1, 0.15) is 0 Å². The number of hydrogen-bond acceptors (Lipinski definition) is 3. The zero-order chi connectivity index (χ0) is 22.2. The lowest BCUT2D eigenvalue weighted by Gasteiger charge is -2.34. The van der Waals surface area contributed by atoms with Crippen molar-refractivity contribution < 1.29 is 52.7 Å². The number of amides is 2. The van der Waals surface area contributed by atoms with Gasteiger partial charge in [-0.25, -0.2) is 13.2 Å². The van der Waals surface area contributed by atoms with Crippen molar-refractivity contribution in [1.82, 2.24) is 15.6 Å². The average Bonchev–Trinajstić information content (AvgIpc) is 2.50. The average molecular weight is 447 g/mol. The minimum absolute atomic E-state index is 0.136. The number of hydrogen-bond donors (Lipinski definition) is 3. The van der Waals surface area contributed by atoms with Gasteiger partial charge in [-0.3, -0.25) is 5.43 Å². The number of carbonyl (C=O) groups is 1. The second kappa shape index (κ2) is 7.31. The maximum Gasteiger partial charge on any atom is 0.420 e. The van der Waals surface area contributed by atoms with Crippen LogP contribution in [0.4, 0.5) is 44.3 Å². The van der Waals surface area contributed by atoms with Crippen molar-refractivity contribution in [3.05, 3.63) is 29.8 Å². The summed E-state index contributed by atoms with van der Waals surface area (Å²) in [4.78, 5) is 11.4. The number of benzene rings is 1. The topological polar surface area (TPSA) is 87.3 Å². The largest absolute Gasteiger partial charge is 0.420 e. The number of sulfonamides is 1. The molecule has 0 saturated carbocycles. The van der Waals surface area contributed by atoms with E-state index in [0.29, 0.717) is 23.5 Å². The van der Waals surface area contributed by atoms with E-state index < -0.39 is 57.5 Å². The zero-order valence-electron chi connectivity index (χ0n) is 13.3. The van der Waals surface area contributed by atoms with Crippen LogP contribution in [-0.4, -0.2) is 32.3 Å². The Morgan fingerprint density at radius 1 is 0.929 bits per heavy atom. The Morgan fingerprint density at radius 3 is 1.86 bits per heavy atom. The lowest BCUT2D eigenvalue weighted by Crippen LogP contribution is -2.67. The number of nitrogens with one attached hydrogen (secondary N) is 3. The summed E-state index contributed by atoms with van der Waals surface area (Å²) in [6.45, 7) is -0.409. The van der Waals surface area contributed by atoms with E-state index in [0.717, 1.165) is 10.3 Å².